The van der Waals surface area contributed by atoms with Gasteiger partial charge in [0.05, 0.1) is 6.04 Å². The van der Waals surface area contributed by atoms with Gasteiger partial charge >= 0.3 is 5.69 Å². The molecule has 2 rings (SSSR count). The normalized spacial score (nSPS) is 16.1. The van der Waals surface area contributed by atoms with Crippen LogP contribution >= 0.6 is 0 Å². The molecule has 5 nitrogen and oxygen atoms in total. The number of H-pyrrole nitrogens is 1. The van der Waals surface area contributed by atoms with Crippen LogP contribution in [0.15, 0.2) is 41.5 Å². The first-order valence-electron chi connectivity index (χ1n) is 6.91. The molecule has 0 saturated heterocycles. The van der Waals surface area contributed by atoms with Crippen LogP contribution in [0.4, 0.5) is 0 Å². The van der Waals surface area contributed by atoms with Crippen LogP contribution in [0.25, 0.3) is 0 Å². The van der Waals surface area contributed by atoms with Crippen molar-refractivity contribution in [1.29, 1.82) is 0 Å². The van der Waals surface area contributed by atoms with E-state index in [4.69, 9.17) is 0 Å². The molecule has 0 amide bonds. The molecule has 0 radical (unpaired) electrons. The summed E-state index contributed by atoms with van der Waals surface area (Å²) < 4.78 is 1.50. The minimum absolute atomic E-state index is 0.00455. The van der Waals surface area contributed by atoms with E-state index in [-0.39, 0.29) is 23.8 Å². The molecule has 1 N–H and O–H groups in total. The van der Waals surface area contributed by atoms with E-state index in [1.54, 1.807) is 0 Å². The highest BCUT2D eigenvalue weighted by atomic mass is 16.1. The van der Waals surface area contributed by atoms with Gasteiger partial charge in [-0.2, -0.15) is 5.10 Å². The molecule has 0 saturated carbocycles. The van der Waals surface area contributed by atoms with Gasteiger partial charge in [-0.15, -0.1) is 0 Å². The molecule has 108 valence electrons. The Labute approximate surface area is 119 Å². The van der Waals surface area contributed by atoms with Gasteiger partial charge in [0.2, 0.25) is 0 Å². The zero-order valence-corrected chi connectivity index (χ0v) is 12.4. The number of likely N-dealkylation sites (N-methyl/N-ethyl adjacent to an activating group) is 1. The van der Waals surface area contributed by atoms with E-state index >= 15 is 0 Å². The summed E-state index contributed by atoms with van der Waals surface area (Å²) in [5.74, 6) is 0. The van der Waals surface area contributed by atoms with Crippen LogP contribution in [-0.2, 0) is 0 Å². The van der Waals surface area contributed by atoms with Crippen molar-refractivity contribution in [3.8, 4) is 0 Å². The lowest BCUT2D eigenvalue weighted by atomic mass is 10.0. The van der Waals surface area contributed by atoms with Crippen LogP contribution in [0, 0.1) is 0 Å². The molecule has 3 unspecified atom stereocenters. The number of benzene rings is 1. The van der Waals surface area contributed by atoms with Crippen LogP contribution in [0.1, 0.15) is 38.4 Å². The summed E-state index contributed by atoms with van der Waals surface area (Å²) in [5, 5.41) is 4.07. The van der Waals surface area contributed by atoms with Crippen LogP contribution < -0.4 is 5.69 Å². The van der Waals surface area contributed by atoms with Crippen molar-refractivity contribution in [3.05, 3.63) is 52.7 Å². The van der Waals surface area contributed by atoms with E-state index in [9.17, 15) is 4.79 Å². The summed E-state index contributed by atoms with van der Waals surface area (Å²) >= 11 is 0. The fraction of sp³-hybridized carbons (Fsp3) is 0.467. The predicted octanol–water partition coefficient (Wildman–Crippen LogP) is 2.21. The van der Waals surface area contributed by atoms with E-state index < -0.39 is 0 Å². The summed E-state index contributed by atoms with van der Waals surface area (Å²) in [6, 6.07) is 10.8. The number of hydrogen-bond donors (Lipinski definition) is 1. The highest BCUT2D eigenvalue weighted by Crippen LogP contribution is 2.24. The summed E-state index contributed by atoms with van der Waals surface area (Å²) in [5.41, 5.74) is 1.11. The van der Waals surface area contributed by atoms with Gasteiger partial charge in [-0.25, -0.2) is 9.48 Å². The second kappa shape index (κ2) is 6.05. The van der Waals surface area contributed by atoms with Gasteiger partial charge in [-0.1, -0.05) is 30.3 Å². The zero-order chi connectivity index (χ0) is 14.7. The Balaban J connectivity index is 2.14. The van der Waals surface area contributed by atoms with Crippen molar-refractivity contribution < 1.29 is 0 Å². The number of hydrogen-bond acceptors (Lipinski definition) is 3. The maximum atomic E-state index is 11.7. The molecule has 3 atom stereocenters. The standard InChI is InChI=1S/C15H22N4O/c1-11(12(2)19-15(20)16-10-17-19)18(4)13(3)14-8-6-5-7-9-14/h5-13H,1-4H3,(H,16,17,20). The number of aromatic nitrogens is 3. The van der Waals surface area contributed by atoms with E-state index in [2.05, 4.69) is 48.0 Å². The van der Waals surface area contributed by atoms with Crippen LogP contribution in [0.5, 0.6) is 0 Å². The van der Waals surface area contributed by atoms with Crippen molar-refractivity contribution in [2.24, 2.45) is 0 Å². The monoisotopic (exact) mass is 274 g/mol. The Kier molecular flexibility index (Phi) is 4.39. The summed E-state index contributed by atoms with van der Waals surface area (Å²) in [6.07, 6.45) is 1.44. The lowest BCUT2D eigenvalue weighted by molar-refractivity contribution is 0.146. The summed E-state index contributed by atoms with van der Waals surface area (Å²) in [7, 11) is 2.08. The highest BCUT2D eigenvalue weighted by Gasteiger charge is 2.24. The number of aromatic amines is 1. The van der Waals surface area contributed by atoms with Crippen molar-refractivity contribution >= 4 is 0 Å². The molecule has 0 aliphatic carbocycles. The van der Waals surface area contributed by atoms with E-state index in [0.717, 1.165) is 0 Å². The average Bonchev–Trinajstić information content (AvgIpc) is 2.91. The van der Waals surface area contributed by atoms with Gasteiger partial charge in [0, 0.05) is 12.1 Å². The van der Waals surface area contributed by atoms with Crippen molar-refractivity contribution in [1.82, 2.24) is 19.7 Å². The molecule has 0 aliphatic rings. The van der Waals surface area contributed by atoms with Crippen molar-refractivity contribution in [2.45, 2.75) is 38.9 Å². The van der Waals surface area contributed by atoms with Gasteiger partial charge in [0.25, 0.3) is 0 Å². The molecule has 0 fully saturated rings. The van der Waals surface area contributed by atoms with E-state index in [0.29, 0.717) is 0 Å². The molecule has 20 heavy (non-hydrogen) atoms. The predicted molar refractivity (Wildman–Crippen MR) is 79.6 cm³/mol. The van der Waals surface area contributed by atoms with Gasteiger partial charge in [-0.05, 0) is 33.4 Å². The molecule has 5 heteroatoms. The third kappa shape index (κ3) is 2.82. The molecule has 0 spiro atoms. The van der Waals surface area contributed by atoms with Gasteiger partial charge in [0.15, 0.2) is 0 Å². The SMILES string of the molecule is CC(c1ccccc1)N(C)C(C)C(C)n1nc[nH]c1=O. The first-order valence-corrected chi connectivity index (χ1v) is 6.91. The Morgan fingerprint density at radius 2 is 1.85 bits per heavy atom. The topological polar surface area (TPSA) is 53.9 Å². The molecule has 0 aliphatic heterocycles. The lowest BCUT2D eigenvalue weighted by Crippen LogP contribution is -2.40. The Hall–Kier alpha value is -1.88. The average molecular weight is 274 g/mol. The maximum absolute atomic E-state index is 11.7. The van der Waals surface area contributed by atoms with Crippen LogP contribution in [-0.4, -0.2) is 32.8 Å². The Morgan fingerprint density at radius 3 is 2.40 bits per heavy atom. The molecular formula is C15H22N4O. The van der Waals surface area contributed by atoms with E-state index in [1.807, 2.05) is 25.1 Å². The van der Waals surface area contributed by atoms with Crippen molar-refractivity contribution in [2.75, 3.05) is 7.05 Å². The molecule has 1 heterocycles. The quantitative estimate of drug-likeness (QED) is 0.909. The van der Waals surface area contributed by atoms with E-state index in [1.165, 1.54) is 16.6 Å². The molecule has 0 bridgehead atoms. The third-order valence-corrected chi connectivity index (χ3v) is 4.20. The Morgan fingerprint density at radius 1 is 1.20 bits per heavy atom. The van der Waals surface area contributed by atoms with Crippen LogP contribution in [0.2, 0.25) is 0 Å². The van der Waals surface area contributed by atoms with Gasteiger partial charge < -0.3 is 0 Å². The van der Waals surface area contributed by atoms with Crippen molar-refractivity contribution in [3.63, 3.8) is 0 Å². The molecule has 1 aromatic heterocycles. The van der Waals surface area contributed by atoms with Gasteiger partial charge in [0.1, 0.15) is 6.33 Å². The Bertz CT molecular complexity index is 589. The minimum Gasteiger partial charge on any atom is -0.295 e. The molecular weight excluding hydrogens is 252 g/mol. The smallest absolute Gasteiger partial charge is 0.295 e. The lowest BCUT2D eigenvalue weighted by Gasteiger charge is -2.34. The molecule has 2 aromatic rings. The largest absolute Gasteiger partial charge is 0.343 e. The second-order valence-corrected chi connectivity index (χ2v) is 5.27. The summed E-state index contributed by atoms with van der Waals surface area (Å²) in [6.45, 7) is 6.30. The first kappa shape index (κ1) is 14.5. The zero-order valence-electron chi connectivity index (χ0n) is 12.4. The minimum atomic E-state index is -0.162. The van der Waals surface area contributed by atoms with Gasteiger partial charge in [-0.3, -0.25) is 9.88 Å². The maximum Gasteiger partial charge on any atom is 0.343 e. The highest BCUT2D eigenvalue weighted by molar-refractivity contribution is 5.18. The fourth-order valence-corrected chi connectivity index (χ4v) is 2.42. The number of rotatable bonds is 5. The number of nitrogens with zero attached hydrogens (tertiary/aromatic N) is 3. The second-order valence-electron chi connectivity index (χ2n) is 5.27. The first-order chi connectivity index (χ1) is 9.52. The fourth-order valence-electron chi connectivity index (χ4n) is 2.42. The van der Waals surface area contributed by atoms with Crippen LogP contribution in [0.3, 0.4) is 0 Å². The third-order valence-electron chi connectivity index (χ3n) is 4.20. The summed E-state index contributed by atoms with van der Waals surface area (Å²) in [4.78, 5) is 16.5. The molecule has 1 aromatic carbocycles. The number of nitrogens with one attached hydrogen (secondary N) is 1.